The first-order valence-corrected chi connectivity index (χ1v) is 6.71. The highest BCUT2D eigenvalue weighted by atomic mass is 79.9. The molecule has 2 N–H and O–H groups in total. The molecule has 2 aromatic rings. The van der Waals surface area contributed by atoms with Crippen LogP contribution in [0.2, 0.25) is 0 Å². The van der Waals surface area contributed by atoms with Crippen LogP contribution in [0.4, 0.5) is 10.1 Å². The highest BCUT2D eigenvalue weighted by molar-refractivity contribution is 9.10. The number of hydrogen-bond donors (Lipinski definition) is 1. The molecule has 1 aromatic carbocycles. The van der Waals surface area contributed by atoms with Crippen molar-refractivity contribution < 1.29 is 4.39 Å². The van der Waals surface area contributed by atoms with Crippen molar-refractivity contribution in [2.45, 2.75) is 10.8 Å². The number of anilines is 1. The second kappa shape index (κ2) is 5.51. The van der Waals surface area contributed by atoms with Gasteiger partial charge in [-0.1, -0.05) is 0 Å². The molecule has 0 unspecified atom stereocenters. The van der Waals surface area contributed by atoms with Crippen LogP contribution < -0.4 is 5.73 Å². The van der Waals surface area contributed by atoms with Gasteiger partial charge in [0.1, 0.15) is 5.82 Å². The number of nitrogens with zero attached hydrogens (tertiary/aromatic N) is 1. The minimum atomic E-state index is -0.265. The summed E-state index contributed by atoms with van der Waals surface area (Å²) in [5.74, 6) is 0.344. The summed E-state index contributed by atoms with van der Waals surface area (Å²) in [5, 5.41) is 0.886. The molecule has 5 heteroatoms. The number of benzene rings is 1. The third-order valence-electron chi connectivity index (χ3n) is 2.18. The first-order valence-electron chi connectivity index (χ1n) is 4.93. The van der Waals surface area contributed by atoms with E-state index in [0.29, 0.717) is 11.4 Å². The predicted molar refractivity (Wildman–Crippen MR) is 72.3 cm³/mol. The van der Waals surface area contributed by atoms with Crippen LogP contribution in [0.15, 0.2) is 46.0 Å². The van der Waals surface area contributed by atoms with Crippen LogP contribution in [0, 0.1) is 5.82 Å². The molecule has 0 saturated heterocycles. The maximum absolute atomic E-state index is 13.0. The Balaban J connectivity index is 2.07. The van der Waals surface area contributed by atoms with Gasteiger partial charge in [0.2, 0.25) is 0 Å². The molecule has 0 atom stereocenters. The molecule has 1 aromatic heterocycles. The number of aromatic nitrogens is 1. The van der Waals surface area contributed by atoms with Gasteiger partial charge in [0.05, 0.1) is 5.03 Å². The maximum atomic E-state index is 13.0. The Labute approximate surface area is 112 Å². The number of rotatable bonds is 3. The van der Waals surface area contributed by atoms with Crippen molar-refractivity contribution in [3.8, 4) is 0 Å². The molecule has 1 heterocycles. The Kier molecular flexibility index (Phi) is 4.02. The van der Waals surface area contributed by atoms with Crippen LogP contribution >= 0.6 is 27.7 Å². The SMILES string of the molecule is Nc1ccc(F)cc1CSc1ccc(Br)cn1. The summed E-state index contributed by atoms with van der Waals surface area (Å²) in [6.07, 6.45) is 1.73. The van der Waals surface area contributed by atoms with Crippen LogP contribution in [0.25, 0.3) is 0 Å². The lowest BCUT2D eigenvalue weighted by atomic mass is 10.2. The Bertz CT molecular complexity index is 516. The Morgan fingerprint density at radius 3 is 2.82 bits per heavy atom. The second-order valence-corrected chi connectivity index (χ2v) is 5.36. The number of nitrogens with two attached hydrogens (primary N) is 1. The lowest BCUT2D eigenvalue weighted by Gasteiger charge is -2.05. The van der Waals surface area contributed by atoms with Crippen molar-refractivity contribution >= 4 is 33.4 Å². The van der Waals surface area contributed by atoms with Crippen molar-refractivity contribution in [2.24, 2.45) is 0 Å². The van der Waals surface area contributed by atoms with E-state index >= 15 is 0 Å². The van der Waals surface area contributed by atoms with Crippen LogP contribution in [0.5, 0.6) is 0 Å². The zero-order valence-corrected chi connectivity index (χ0v) is 11.3. The molecular weight excluding hydrogens is 303 g/mol. The molecule has 88 valence electrons. The van der Waals surface area contributed by atoms with Gasteiger partial charge >= 0.3 is 0 Å². The zero-order valence-electron chi connectivity index (χ0n) is 8.86. The minimum Gasteiger partial charge on any atom is -0.398 e. The van der Waals surface area contributed by atoms with E-state index in [1.165, 1.54) is 23.9 Å². The Hall–Kier alpha value is -1.07. The molecule has 17 heavy (non-hydrogen) atoms. The predicted octanol–water partition coefficient (Wildman–Crippen LogP) is 3.86. The third-order valence-corrected chi connectivity index (χ3v) is 3.64. The van der Waals surface area contributed by atoms with Gasteiger partial charge in [-0.25, -0.2) is 9.37 Å². The molecule has 0 fully saturated rings. The van der Waals surface area contributed by atoms with Gasteiger partial charge in [0, 0.05) is 22.1 Å². The van der Waals surface area contributed by atoms with E-state index in [1.54, 1.807) is 12.3 Å². The van der Waals surface area contributed by atoms with Crippen LogP contribution in [-0.4, -0.2) is 4.98 Å². The molecule has 0 aliphatic heterocycles. The summed E-state index contributed by atoms with van der Waals surface area (Å²) in [6, 6.07) is 8.23. The first-order chi connectivity index (χ1) is 8.15. The van der Waals surface area contributed by atoms with Crippen LogP contribution in [0.3, 0.4) is 0 Å². The molecule has 2 nitrogen and oxygen atoms in total. The standard InChI is InChI=1S/C12H10BrFN2S/c13-9-1-4-12(16-6-9)17-7-8-5-10(14)2-3-11(8)15/h1-6H,7,15H2. The van der Waals surface area contributed by atoms with Crippen LogP contribution in [0.1, 0.15) is 5.56 Å². The number of pyridine rings is 1. The Morgan fingerprint density at radius 1 is 1.29 bits per heavy atom. The summed E-state index contributed by atoms with van der Waals surface area (Å²) < 4.78 is 14.0. The highest BCUT2D eigenvalue weighted by Gasteiger charge is 2.03. The van der Waals surface area contributed by atoms with E-state index in [1.807, 2.05) is 12.1 Å². The van der Waals surface area contributed by atoms with Gasteiger partial charge < -0.3 is 5.73 Å². The number of nitrogen functional groups attached to an aromatic ring is 1. The molecule has 0 amide bonds. The summed E-state index contributed by atoms with van der Waals surface area (Å²) in [5.41, 5.74) is 7.17. The van der Waals surface area contributed by atoms with E-state index in [-0.39, 0.29) is 5.82 Å². The van der Waals surface area contributed by atoms with Crippen molar-refractivity contribution in [2.75, 3.05) is 5.73 Å². The fourth-order valence-electron chi connectivity index (χ4n) is 1.30. The van der Waals surface area contributed by atoms with E-state index < -0.39 is 0 Å². The second-order valence-electron chi connectivity index (χ2n) is 3.45. The number of thioether (sulfide) groups is 1. The molecule has 0 aliphatic rings. The monoisotopic (exact) mass is 312 g/mol. The molecule has 0 aliphatic carbocycles. The smallest absolute Gasteiger partial charge is 0.123 e. The van der Waals surface area contributed by atoms with Gasteiger partial charge in [-0.15, -0.1) is 11.8 Å². The summed E-state index contributed by atoms with van der Waals surface area (Å²) in [7, 11) is 0. The van der Waals surface area contributed by atoms with Crippen molar-refractivity contribution in [3.63, 3.8) is 0 Å². The summed E-state index contributed by atoms with van der Waals surface area (Å²) >= 11 is 4.85. The molecule has 0 radical (unpaired) electrons. The maximum Gasteiger partial charge on any atom is 0.123 e. The topological polar surface area (TPSA) is 38.9 Å². The molecule has 0 saturated carbocycles. The molecule has 0 bridgehead atoms. The number of hydrogen-bond acceptors (Lipinski definition) is 3. The normalized spacial score (nSPS) is 10.5. The van der Waals surface area contributed by atoms with Gasteiger partial charge in [-0.2, -0.15) is 0 Å². The van der Waals surface area contributed by atoms with Gasteiger partial charge in [-0.05, 0) is 51.8 Å². The van der Waals surface area contributed by atoms with Gasteiger partial charge in [-0.3, -0.25) is 0 Å². The largest absolute Gasteiger partial charge is 0.398 e. The average Bonchev–Trinajstić information content (AvgIpc) is 2.32. The fourth-order valence-corrected chi connectivity index (χ4v) is 2.38. The summed E-state index contributed by atoms with van der Waals surface area (Å²) in [4.78, 5) is 4.23. The fraction of sp³-hybridized carbons (Fsp3) is 0.0833. The lowest BCUT2D eigenvalue weighted by molar-refractivity contribution is 0.627. The quantitative estimate of drug-likeness (QED) is 0.691. The first kappa shape index (κ1) is 12.4. The molecule has 0 spiro atoms. The van der Waals surface area contributed by atoms with Crippen LogP contribution in [-0.2, 0) is 5.75 Å². The van der Waals surface area contributed by atoms with E-state index in [0.717, 1.165) is 15.1 Å². The third kappa shape index (κ3) is 3.44. The van der Waals surface area contributed by atoms with Gasteiger partial charge in [0.15, 0.2) is 0 Å². The average molecular weight is 313 g/mol. The van der Waals surface area contributed by atoms with Crippen molar-refractivity contribution in [1.82, 2.24) is 4.98 Å². The lowest BCUT2D eigenvalue weighted by Crippen LogP contribution is -1.93. The molecular formula is C12H10BrFN2S. The van der Waals surface area contributed by atoms with E-state index in [9.17, 15) is 4.39 Å². The van der Waals surface area contributed by atoms with E-state index in [2.05, 4.69) is 20.9 Å². The van der Waals surface area contributed by atoms with E-state index in [4.69, 9.17) is 5.73 Å². The minimum absolute atomic E-state index is 0.265. The Morgan fingerprint density at radius 2 is 2.12 bits per heavy atom. The van der Waals surface area contributed by atoms with Crippen molar-refractivity contribution in [1.29, 1.82) is 0 Å². The van der Waals surface area contributed by atoms with Crippen molar-refractivity contribution in [3.05, 3.63) is 52.4 Å². The van der Waals surface area contributed by atoms with Gasteiger partial charge in [0.25, 0.3) is 0 Å². The number of halogens is 2. The highest BCUT2D eigenvalue weighted by Crippen LogP contribution is 2.25. The zero-order chi connectivity index (χ0) is 12.3. The summed E-state index contributed by atoms with van der Waals surface area (Å²) in [6.45, 7) is 0. The molecule has 2 rings (SSSR count).